The van der Waals surface area contributed by atoms with Crippen LogP contribution in [0.15, 0.2) is 22.7 Å². The number of hydrogen-bond donors (Lipinski definition) is 2. The van der Waals surface area contributed by atoms with E-state index < -0.39 is 0 Å². The highest BCUT2D eigenvalue weighted by Gasteiger charge is 2.30. The Kier molecular flexibility index (Phi) is 6.33. The van der Waals surface area contributed by atoms with Crippen LogP contribution in [0.5, 0.6) is 0 Å². The molecule has 0 saturated heterocycles. The molecule has 0 amide bonds. The molecule has 4 rings (SSSR count). The van der Waals surface area contributed by atoms with Gasteiger partial charge in [-0.15, -0.1) is 5.10 Å². The predicted molar refractivity (Wildman–Crippen MR) is 118 cm³/mol. The van der Waals surface area contributed by atoms with Crippen molar-refractivity contribution in [3.8, 4) is 0 Å². The summed E-state index contributed by atoms with van der Waals surface area (Å²) in [6, 6.07) is 6.06. The molecule has 0 spiro atoms. The van der Waals surface area contributed by atoms with Crippen LogP contribution in [-0.2, 0) is 22.6 Å². The van der Waals surface area contributed by atoms with Crippen LogP contribution in [0, 0.1) is 6.92 Å². The molecule has 1 aliphatic rings. The first kappa shape index (κ1) is 21.2. The molecule has 0 aliphatic carbocycles. The van der Waals surface area contributed by atoms with Crippen LogP contribution in [0.2, 0.25) is 0 Å². The Labute approximate surface area is 183 Å². The molecule has 0 radical (unpaired) electrons. The smallest absolute Gasteiger partial charge is 0.135 e. The van der Waals surface area contributed by atoms with Crippen molar-refractivity contribution >= 4 is 32.7 Å². The molecule has 9 heteroatoms. The Bertz CT molecular complexity index is 1050. The molecule has 2 atom stereocenters. The lowest BCUT2D eigenvalue weighted by atomic mass is 9.94. The van der Waals surface area contributed by atoms with Crippen LogP contribution in [0.1, 0.15) is 34.9 Å². The maximum absolute atomic E-state index is 9.74. The van der Waals surface area contributed by atoms with Gasteiger partial charge >= 0.3 is 0 Å². The van der Waals surface area contributed by atoms with Crippen molar-refractivity contribution in [1.29, 1.82) is 0 Å². The summed E-state index contributed by atoms with van der Waals surface area (Å²) in [5, 5.41) is 22.1. The van der Waals surface area contributed by atoms with Gasteiger partial charge < -0.3 is 19.9 Å². The summed E-state index contributed by atoms with van der Waals surface area (Å²) in [6.45, 7) is 3.91. The molecule has 1 aromatic carbocycles. The lowest BCUT2D eigenvalue weighted by molar-refractivity contribution is 0.0207. The number of pyridine rings is 1. The van der Waals surface area contributed by atoms with Crippen molar-refractivity contribution in [2.24, 2.45) is 0 Å². The second-order valence-electron chi connectivity index (χ2n) is 7.55. The minimum Gasteiger partial charge on any atom is -0.392 e. The van der Waals surface area contributed by atoms with Gasteiger partial charge in [0.25, 0.3) is 0 Å². The molecule has 2 N–H and O–H groups in total. The molecule has 30 heavy (non-hydrogen) atoms. The number of ether oxygens (including phenoxy) is 2. The van der Waals surface area contributed by atoms with Gasteiger partial charge in [0.05, 0.1) is 30.5 Å². The first-order chi connectivity index (χ1) is 14.5. The highest BCUT2D eigenvalue weighted by molar-refractivity contribution is 9.10. The number of nitrogens with zero attached hydrogens (tertiary/aromatic N) is 4. The lowest BCUT2D eigenvalue weighted by Gasteiger charge is -2.15. The topological polar surface area (TPSA) is 94.3 Å². The van der Waals surface area contributed by atoms with E-state index in [9.17, 15) is 5.11 Å². The summed E-state index contributed by atoms with van der Waals surface area (Å²) >= 11 is 3.57. The van der Waals surface area contributed by atoms with Crippen molar-refractivity contribution in [3.63, 3.8) is 0 Å². The number of aromatic nitrogens is 4. The fourth-order valence-corrected chi connectivity index (χ4v) is 4.63. The second-order valence-corrected chi connectivity index (χ2v) is 8.47. The number of fused-ring (bicyclic) bond motifs is 2. The zero-order valence-electron chi connectivity index (χ0n) is 17.4. The van der Waals surface area contributed by atoms with E-state index in [0.29, 0.717) is 19.7 Å². The van der Waals surface area contributed by atoms with Crippen LogP contribution in [0.3, 0.4) is 0 Å². The summed E-state index contributed by atoms with van der Waals surface area (Å²) in [7, 11) is 3.37. The maximum Gasteiger partial charge on any atom is 0.135 e. The molecule has 1 aliphatic heterocycles. The van der Waals surface area contributed by atoms with Crippen molar-refractivity contribution in [1.82, 2.24) is 20.0 Å². The molecule has 3 aromatic rings. The Morgan fingerprint density at radius 2 is 2.17 bits per heavy atom. The van der Waals surface area contributed by atoms with Crippen LogP contribution >= 0.6 is 15.9 Å². The van der Waals surface area contributed by atoms with E-state index >= 15 is 0 Å². The van der Waals surface area contributed by atoms with E-state index in [0.717, 1.165) is 50.1 Å². The second kappa shape index (κ2) is 8.97. The number of halogens is 1. The van der Waals surface area contributed by atoms with Crippen LogP contribution < -0.4 is 5.32 Å². The Hall–Kier alpha value is -2.07. The van der Waals surface area contributed by atoms with Gasteiger partial charge in [-0.1, -0.05) is 21.1 Å². The first-order valence-electron chi connectivity index (χ1n) is 9.95. The van der Waals surface area contributed by atoms with E-state index in [-0.39, 0.29) is 18.6 Å². The Balaban J connectivity index is 1.71. The number of hydrogen-bond acceptors (Lipinski definition) is 7. The number of rotatable bonds is 8. The van der Waals surface area contributed by atoms with Crippen molar-refractivity contribution < 1.29 is 14.6 Å². The SMILES string of the molecule is COCC(CCn1nnc2c(C3CNc4c(CO)cc(Br)cc43)nc(C)cc21)OC. The average Bonchev–Trinajstić information content (AvgIpc) is 3.34. The summed E-state index contributed by atoms with van der Waals surface area (Å²) in [6.07, 6.45) is 0.789. The van der Waals surface area contributed by atoms with Gasteiger partial charge in [0, 0.05) is 54.6 Å². The Morgan fingerprint density at radius 3 is 2.90 bits per heavy atom. The van der Waals surface area contributed by atoms with Gasteiger partial charge in [0.1, 0.15) is 5.52 Å². The monoisotopic (exact) mass is 475 g/mol. The highest BCUT2D eigenvalue weighted by atomic mass is 79.9. The number of nitrogens with one attached hydrogen (secondary N) is 1. The van der Waals surface area contributed by atoms with Gasteiger partial charge in [-0.25, -0.2) is 4.68 Å². The number of aryl methyl sites for hydroxylation is 2. The molecule has 2 unspecified atom stereocenters. The third-order valence-corrected chi connectivity index (χ3v) is 6.04. The van der Waals surface area contributed by atoms with Gasteiger partial charge in [-0.3, -0.25) is 4.98 Å². The van der Waals surface area contributed by atoms with Crippen molar-refractivity contribution in [2.75, 3.05) is 32.7 Å². The van der Waals surface area contributed by atoms with E-state index in [2.05, 4.69) is 37.6 Å². The standard InChI is InChI=1S/C21H26BrN5O3/c1-12-6-18-21(25-26-27(18)5-4-15(30-3)11-29-2)20(24-12)17-9-23-19-13(10-28)7-14(22)8-16(17)19/h6-8,15,17,23,28H,4-5,9-11H2,1-3H3. The van der Waals surface area contributed by atoms with Crippen LogP contribution in [0.4, 0.5) is 5.69 Å². The summed E-state index contributed by atoms with van der Waals surface area (Å²) in [5.41, 5.74) is 6.58. The minimum atomic E-state index is -0.0174. The largest absolute Gasteiger partial charge is 0.392 e. The van der Waals surface area contributed by atoms with E-state index in [1.165, 1.54) is 0 Å². The van der Waals surface area contributed by atoms with E-state index in [1.807, 2.05) is 23.7 Å². The summed E-state index contributed by atoms with van der Waals surface area (Å²) < 4.78 is 13.5. The molecular formula is C21H26BrN5O3. The lowest BCUT2D eigenvalue weighted by Crippen LogP contribution is -2.20. The molecule has 8 nitrogen and oxygen atoms in total. The van der Waals surface area contributed by atoms with Gasteiger partial charge in [-0.2, -0.15) is 0 Å². The molecule has 0 saturated carbocycles. The van der Waals surface area contributed by atoms with E-state index in [4.69, 9.17) is 14.5 Å². The number of anilines is 1. The summed E-state index contributed by atoms with van der Waals surface area (Å²) in [4.78, 5) is 4.84. The van der Waals surface area contributed by atoms with Crippen molar-refractivity contribution in [2.45, 2.75) is 38.5 Å². The molecule has 0 bridgehead atoms. The normalized spacial score (nSPS) is 16.6. The fraction of sp³-hybridized carbons (Fsp3) is 0.476. The third kappa shape index (κ3) is 3.94. The van der Waals surface area contributed by atoms with Gasteiger partial charge in [-0.05, 0) is 37.1 Å². The quantitative estimate of drug-likeness (QED) is 0.516. The number of aliphatic hydroxyl groups excluding tert-OH is 1. The number of methoxy groups -OCH3 is 2. The van der Waals surface area contributed by atoms with Crippen LogP contribution in [0.25, 0.3) is 11.0 Å². The van der Waals surface area contributed by atoms with E-state index in [1.54, 1.807) is 14.2 Å². The fourth-order valence-electron chi connectivity index (χ4n) is 4.11. The molecule has 3 heterocycles. The molecule has 2 aromatic heterocycles. The first-order valence-corrected chi connectivity index (χ1v) is 10.7. The Morgan fingerprint density at radius 1 is 1.33 bits per heavy atom. The predicted octanol–water partition coefficient (Wildman–Crippen LogP) is 3.00. The van der Waals surface area contributed by atoms with Gasteiger partial charge in [0.2, 0.25) is 0 Å². The number of aliphatic hydroxyl groups is 1. The molecule has 160 valence electrons. The van der Waals surface area contributed by atoms with Gasteiger partial charge in [0.15, 0.2) is 0 Å². The minimum absolute atomic E-state index is 0.0109. The number of benzene rings is 1. The zero-order chi connectivity index (χ0) is 21.3. The average molecular weight is 476 g/mol. The van der Waals surface area contributed by atoms with Crippen LogP contribution in [-0.4, -0.2) is 58.6 Å². The molecular weight excluding hydrogens is 450 g/mol. The zero-order valence-corrected chi connectivity index (χ0v) is 18.9. The summed E-state index contributed by atoms with van der Waals surface area (Å²) in [5.74, 6) is 0.0376. The van der Waals surface area contributed by atoms with Crippen molar-refractivity contribution in [3.05, 3.63) is 45.2 Å². The molecule has 0 fully saturated rings. The highest BCUT2D eigenvalue weighted by Crippen LogP contribution is 2.41. The third-order valence-electron chi connectivity index (χ3n) is 5.58. The maximum atomic E-state index is 9.74.